The minimum atomic E-state index is -1.82. The largest absolute Gasteiger partial charge is 0.384 e. The van der Waals surface area contributed by atoms with Crippen molar-refractivity contribution in [2.24, 2.45) is 0 Å². The molecule has 2 unspecified atom stereocenters. The number of imide groups is 2. The first kappa shape index (κ1) is 42.7. The molecule has 8 rings (SSSR count). The summed E-state index contributed by atoms with van der Waals surface area (Å²) in [5.41, 5.74) is 1.33. The fourth-order valence-corrected chi connectivity index (χ4v) is 8.56. The fourth-order valence-electron chi connectivity index (χ4n) is 7.82. The van der Waals surface area contributed by atoms with Crippen molar-refractivity contribution < 1.29 is 41.8 Å². The summed E-state index contributed by atoms with van der Waals surface area (Å²) in [7, 11) is 1.56. The first-order chi connectivity index (χ1) is 30.3. The Hall–Kier alpha value is -6.93. The third kappa shape index (κ3) is 8.38. The first-order valence-electron chi connectivity index (χ1n) is 20.3. The Bertz CT molecular complexity index is 2700. The number of ketones is 1. The standard InChI is InChI=1S/C43H42F2N10O7S/c1-3-52(2)63(62)51-31-11-10-29(44)37(38(31)45)39(58)28-23-49-40-27(28)20-25(22-48-40)24-9-13-33(47-21-24)53-16-18-54(19-17-53)35(57)8-5-15-46-30-7-4-6-26-36(30)43(61)55(42(26)60)32-12-14-34(56)50-41(32)59/h4,6-7,9-11,13,20-23,32,46,51H,3,5,8,12,14-19H2,1-2H3,(H,48,49)(H,50,56,59). The SMILES string of the molecule is CCN(C)S(=O)Nc1ccc(F)c(C(=O)c2c[nH]c3ncc(-c4ccc(N5CCN(C(=O)CCCNc6cccc7c6C(=O)N(C6CCC(=O)NC6=O)C7=O)CC5)nc4)cc23)c1F. The molecule has 0 radical (unpaired) electrons. The second-order valence-corrected chi connectivity index (χ2v) is 16.5. The highest BCUT2D eigenvalue weighted by atomic mass is 32.2. The topological polar surface area (TPSA) is 210 Å². The second kappa shape index (κ2) is 17.8. The van der Waals surface area contributed by atoms with Gasteiger partial charge in [0.25, 0.3) is 11.8 Å². The zero-order chi connectivity index (χ0) is 44.5. The summed E-state index contributed by atoms with van der Waals surface area (Å²) in [6.45, 7) is 4.56. The Morgan fingerprint density at radius 1 is 0.952 bits per heavy atom. The Kier molecular flexibility index (Phi) is 12.1. The number of anilines is 3. The van der Waals surface area contributed by atoms with Crippen molar-refractivity contribution in [3.63, 3.8) is 0 Å². The van der Waals surface area contributed by atoms with E-state index in [9.17, 15) is 33.0 Å². The predicted molar refractivity (Wildman–Crippen MR) is 229 cm³/mol. The molecule has 2 fully saturated rings. The van der Waals surface area contributed by atoms with Gasteiger partial charge >= 0.3 is 0 Å². The number of aromatic nitrogens is 3. The van der Waals surface area contributed by atoms with E-state index in [0.29, 0.717) is 79.4 Å². The van der Waals surface area contributed by atoms with Crippen LogP contribution < -0.4 is 20.3 Å². The quantitative estimate of drug-likeness (QED) is 0.0712. The van der Waals surface area contributed by atoms with Gasteiger partial charge in [0.1, 0.15) is 23.3 Å². The summed E-state index contributed by atoms with van der Waals surface area (Å²) in [5, 5.41) is 5.71. The molecule has 20 heteroatoms. The van der Waals surface area contributed by atoms with Crippen LogP contribution in [0.3, 0.4) is 0 Å². The number of nitrogens with one attached hydrogen (secondary N) is 4. The minimum Gasteiger partial charge on any atom is -0.384 e. The summed E-state index contributed by atoms with van der Waals surface area (Å²) >= 11 is -1.82. The maximum atomic E-state index is 15.6. The number of rotatable bonds is 14. The van der Waals surface area contributed by atoms with Gasteiger partial charge in [-0.1, -0.05) is 13.0 Å². The molecule has 5 aromatic rings. The predicted octanol–water partition coefficient (Wildman–Crippen LogP) is 4.02. The molecular weight excluding hydrogens is 839 g/mol. The van der Waals surface area contributed by atoms with E-state index >= 15 is 8.78 Å². The summed E-state index contributed by atoms with van der Waals surface area (Å²) in [4.78, 5) is 94.1. The lowest BCUT2D eigenvalue weighted by molar-refractivity contribution is -0.136. The van der Waals surface area contributed by atoms with E-state index in [1.807, 2.05) is 12.1 Å². The van der Waals surface area contributed by atoms with E-state index < -0.39 is 63.8 Å². The number of piperazine rings is 1. The summed E-state index contributed by atoms with van der Waals surface area (Å²) in [5.74, 6) is -4.78. The number of amides is 5. The van der Waals surface area contributed by atoms with Gasteiger partial charge in [0.05, 0.1) is 22.4 Å². The molecule has 2 aromatic carbocycles. The molecule has 3 aliphatic rings. The van der Waals surface area contributed by atoms with Gasteiger partial charge in [0.2, 0.25) is 23.5 Å². The Morgan fingerprint density at radius 3 is 2.46 bits per heavy atom. The van der Waals surface area contributed by atoms with Crippen LogP contribution in [-0.2, 0) is 25.6 Å². The van der Waals surface area contributed by atoms with E-state index in [4.69, 9.17) is 0 Å². The molecule has 4 N–H and O–H groups in total. The number of benzene rings is 2. The molecule has 0 bridgehead atoms. The summed E-state index contributed by atoms with van der Waals surface area (Å²) in [6.07, 6.45) is 5.41. The molecule has 2 saturated heterocycles. The van der Waals surface area contributed by atoms with Crippen LogP contribution in [0, 0.1) is 11.6 Å². The molecule has 6 heterocycles. The lowest BCUT2D eigenvalue weighted by Crippen LogP contribution is -2.54. The zero-order valence-electron chi connectivity index (χ0n) is 34.2. The number of halogens is 2. The van der Waals surface area contributed by atoms with Crippen molar-refractivity contribution in [2.75, 3.05) is 61.3 Å². The molecule has 3 aliphatic heterocycles. The number of hydrogen-bond acceptors (Lipinski definition) is 11. The highest BCUT2D eigenvalue weighted by molar-refractivity contribution is 7.84. The lowest BCUT2D eigenvalue weighted by Gasteiger charge is -2.35. The van der Waals surface area contributed by atoms with E-state index in [1.54, 1.807) is 49.5 Å². The Morgan fingerprint density at radius 2 is 1.73 bits per heavy atom. The van der Waals surface area contributed by atoms with E-state index in [-0.39, 0.29) is 47.5 Å². The normalized spacial score (nSPS) is 17.0. The lowest BCUT2D eigenvalue weighted by atomic mass is 10.00. The molecule has 63 heavy (non-hydrogen) atoms. The fraction of sp³-hybridized carbons (Fsp3) is 0.302. The average Bonchev–Trinajstić information content (AvgIpc) is 3.83. The molecule has 3 aromatic heterocycles. The molecule has 5 amide bonds. The number of pyridine rings is 2. The van der Waals surface area contributed by atoms with Crippen LogP contribution in [-0.4, -0.2) is 121 Å². The average molecular weight is 881 g/mol. The number of hydrogen-bond donors (Lipinski definition) is 4. The highest BCUT2D eigenvalue weighted by Crippen LogP contribution is 2.33. The minimum absolute atomic E-state index is 0.00276. The Labute approximate surface area is 361 Å². The van der Waals surface area contributed by atoms with Crippen LogP contribution in [0.2, 0.25) is 0 Å². The van der Waals surface area contributed by atoms with Crippen molar-refractivity contribution in [1.82, 2.24) is 34.4 Å². The van der Waals surface area contributed by atoms with E-state index in [2.05, 4.69) is 35.2 Å². The van der Waals surface area contributed by atoms with Gasteiger partial charge in [-0.2, -0.15) is 0 Å². The van der Waals surface area contributed by atoms with Crippen molar-refractivity contribution in [3.05, 3.63) is 101 Å². The Balaban J connectivity index is 0.848. The van der Waals surface area contributed by atoms with Crippen molar-refractivity contribution in [3.8, 4) is 11.1 Å². The van der Waals surface area contributed by atoms with E-state index in [0.717, 1.165) is 17.0 Å². The summed E-state index contributed by atoms with van der Waals surface area (Å²) in [6, 6.07) is 11.2. The molecule has 2 atom stereocenters. The van der Waals surface area contributed by atoms with Crippen LogP contribution in [0.15, 0.2) is 67.1 Å². The van der Waals surface area contributed by atoms with Gasteiger partial charge in [-0.25, -0.2) is 27.3 Å². The van der Waals surface area contributed by atoms with Crippen molar-refractivity contribution in [1.29, 1.82) is 0 Å². The van der Waals surface area contributed by atoms with Crippen molar-refractivity contribution in [2.45, 2.75) is 38.6 Å². The molecule has 0 saturated carbocycles. The van der Waals surface area contributed by atoms with Gasteiger partial charge in [-0.05, 0) is 55.3 Å². The number of carbonyl (C=O) groups is 6. The number of H-pyrrole nitrogens is 1. The molecule has 0 aliphatic carbocycles. The third-order valence-corrected chi connectivity index (χ3v) is 12.6. The third-order valence-electron chi connectivity index (χ3n) is 11.4. The number of aromatic amines is 1. The molecular formula is C43H42F2N10O7S. The number of nitrogens with zero attached hydrogens (tertiary/aromatic N) is 6. The van der Waals surface area contributed by atoms with Gasteiger partial charge in [0, 0.05) is 106 Å². The molecule has 0 spiro atoms. The van der Waals surface area contributed by atoms with Crippen LogP contribution in [0.25, 0.3) is 22.2 Å². The molecule has 326 valence electrons. The number of fused-ring (bicyclic) bond motifs is 2. The van der Waals surface area contributed by atoms with Crippen LogP contribution in [0.5, 0.6) is 0 Å². The van der Waals surface area contributed by atoms with Crippen LogP contribution in [0.4, 0.5) is 26.0 Å². The van der Waals surface area contributed by atoms with Crippen molar-refractivity contribution >= 4 is 74.7 Å². The van der Waals surface area contributed by atoms with Gasteiger partial charge in [-0.15, -0.1) is 0 Å². The first-order valence-corrected chi connectivity index (χ1v) is 21.4. The monoisotopic (exact) mass is 880 g/mol. The van der Waals surface area contributed by atoms with Gasteiger partial charge in [-0.3, -0.25) is 43.7 Å². The maximum Gasteiger partial charge on any atom is 0.264 e. The zero-order valence-corrected chi connectivity index (χ0v) is 35.0. The van der Waals surface area contributed by atoms with Crippen LogP contribution in [0.1, 0.15) is 69.2 Å². The molecule has 17 nitrogen and oxygen atoms in total. The number of carbonyl (C=O) groups excluding carboxylic acids is 6. The van der Waals surface area contributed by atoms with Gasteiger partial charge in [0.15, 0.2) is 17.0 Å². The smallest absolute Gasteiger partial charge is 0.264 e. The van der Waals surface area contributed by atoms with Gasteiger partial charge < -0.3 is 20.1 Å². The summed E-state index contributed by atoms with van der Waals surface area (Å²) < 4.78 is 46.9. The van der Waals surface area contributed by atoms with E-state index in [1.165, 1.54) is 16.6 Å². The second-order valence-electron chi connectivity index (χ2n) is 15.2. The number of piperidine rings is 1. The maximum absolute atomic E-state index is 15.6. The van der Waals surface area contributed by atoms with Crippen LogP contribution >= 0.6 is 0 Å². The highest BCUT2D eigenvalue weighted by Gasteiger charge is 2.45.